The van der Waals surface area contributed by atoms with E-state index in [2.05, 4.69) is 28.8 Å². The summed E-state index contributed by atoms with van der Waals surface area (Å²) in [5.41, 5.74) is 2.45. The van der Waals surface area contributed by atoms with E-state index in [1.807, 2.05) is 36.4 Å². The number of nitrogens with zero attached hydrogens (tertiary/aromatic N) is 1. The van der Waals surface area contributed by atoms with Gasteiger partial charge in [0.15, 0.2) is 0 Å². The predicted octanol–water partition coefficient (Wildman–Crippen LogP) is 4.29. The SMILES string of the molecule is N#Cc1ccc(Oc2cccc(NC(=O)C3CNCC3c3ccccc3)c2)cc1. The molecule has 3 aromatic rings. The molecule has 0 aliphatic carbocycles. The summed E-state index contributed by atoms with van der Waals surface area (Å²) in [7, 11) is 0. The quantitative estimate of drug-likeness (QED) is 0.689. The summed E-state index contributed by atoms with van der Waals surface area (Å²) in [5.74, 6) is 1.29. The zero-order chi connectivity index (χ0) is 20.1. The number of benzene rings is 3. The molecule has 3 aromatic carbocycles. The minimum atomic E-state index is -0.125. The number of hydrogen-bond acceptors (Lipinski definition) is 4. The molecule has 29 heavy (non-hydrogen) atoms. The number of rotatable bonds is 5. The summed E-state index contributed by atoms with van der Waals surface area (Å²) in [6.07, 6.45) is 0. The van der Waals surface area contributed by atoms with E-state index in [0.717, 1.165) is 6.54 Å². The fourth-order valence-corrected chi connectivity index (χ4v) is 3.61. The first-order chi connectivity index (χ1) is 14.2. The molecule has 1 heterocycles. The van der Waals surface area contributed by atoms with Crippen molar-refractivity contribution in [2.75, 3.05) is 18.4 Å². The van der Waals surface area contributed by atoms with Gasteiger partial charge in [0.1, 0.15) is 11.5 Å². The molecule has 5 nitrogen and oxygen atoms in total. The Kier molecular flexibility index (Phi) is 5.55. The monoisotopic (exact) mass is 383 g/mol. The van der Waals surface area contributed by atoms with E-state index in [-0.39, 0.29) is 17.7 Å². The molecule has 0 spiro atoms. The van der Waals surface area contributed by atoms with E-state index >= 15 is 0 Å². The van der Waals surface area contributed by atoms with Gasteiger partial charge >= 0.3 is 0 Å². The Morgan fingerprint density at radius 3 is 2.52 bits per heavy atom. The Bertz CT molecular complexity index is 1030. The molecule has 5 heteroatoms. The largest absolute Gasteiger partial charge is 0.457 e. The number of carbonyl (C=O) groups excluding carboxylic acids is 1. The topological polar surface area (TPSA) is 74.1 Å². The Morgan fingerprint density at radius 1 is 0.966 bits per heavy atom. The standard InChI is InChI=1S/C24H21N3O2/c25-14-17-9-11-20(12-10-17)29-21-8-4-7-19(13-21)27-24(28)23-16-26-15-22(23)18-5-2-1-3-6-18/h1-13,22-23,26H,15-16H2,(H,27,28). The van der Waals surface area contributed by atoms with Crippen LogP contribution in [0.1, 0.15) is 17.0 Å². The highest BCUT2D eigenvalue weighted by atomic mass is 16.5. The van der Waals surface area contributed by atoms with Gasteiger partial charge in [-0.15, -0.1) is 0 Å². The Labute approximate surface area is 169 Å². The first-order valence-corrected chi connectivity index (χ1v) is 9.57. The van der Waals surface area contributed by atoms with Crippen LogP contribution in [-0.4, -0.2) is 19.0 Å². The molecular weight excluding hydrogens is 362 g/mol. The lowest BCUT2D eigenvalue weighted by Crippen LogP contribution is -2.28. The number of nitrogens with one attached hydrogen (secondary N) is 2. The van der Waals surface area contributed by atoms with E-state index in [1.54, 1.807) is 30.3 Å². The minimum Gasteiger partial charge on any atom is -0.457 e. The molecule has 0 radical (unpaired) electrons. The van der Waals surface area contributed by atoms with E-state index in [9.17, 15) is 4.79 Å². The van der Waals surface area contributed by atoms with Gasteiger partial charge in [-0.05, 0) is 42.0 Å². The molecular formula is C24H21N3O2. The zero-order valence-corrected chi connectivity index (χ0v) is 15.8. The summed E-state index contributed by atoms with van der Waals surface area (Å²) in [6.45, 7) is 1.46. The summed E-state index contributed by atoms with van der Waals surface area (Å²) < 4.78 is 5.84. The molecule has 1 fully saturated rings. The third kappa shape index (κ3) is 4.45. The predicted molar refractivity (Wildman–Crippen MR) is 112 cm³/mol. The summed E-state index contributed by atoms with van der Waals surface area (Å²) >= 11 is 0. The molecule has 2 atom stereocenters. The van der Waals surface area contributed by atoms with Crippen molar-refractivity contribution in [1.29, 1.82) is 5.26 Å². The first kappa shape index (κ1) is 18.7. The van der Waals surface area contributed by atoms with Crippen LogP contribution in [-0.2, 0) is 4.79 Å². The highest BCUT2D eigenvalue weighted by molar-refractivity contribution is 5.93. The summed E-state index contributed by atoms with van der Waals surface area (Å²) in [5, 5.41) is 15.2. The van der Waals surface area contributed by atoms with Gasteiger partial charge < -0.3 is 15.4 Å². The molecule has 0 saturated carbocycles. The van der Waals surface area contributed by atoms with Crippen molar-refractivity contribution in [3.05, 3.63) is 90.0 Å². The maximum Gasteiger partial charge on any atom is 0.229 e. The van der Waals surface area contributed by atoms with Crippen LogP contribution < -0.4 is 15.4 Å². The average Bonchev–Trinajstić information content (AvgIpc) is 3.25. The number of ether oxygens (including phenoxy) is 1. The molecule has 4 rings (SSSR count). The van der Waals surface area contributed by atoms with Crippen molar-refractivity contribution >= 4 is 11.6 Å². The lowest BCUT2D eigenvalue weighted by molar-refractivity contribution is -0.119. The van der Waals surface area contributed by atoms with Crippen LogP contribution >= 0.6 is 0 Å². The maximum absolute atomic E-state index is 12.9. The van der Waals surface area contributed by atoms with Crippen molar-refractivity contribution in [2.45, 2.75) is 5.92 Å². The second-order valence-corrected chi connectivity index (χ2v) is 7.04. The van der Waals surface area contributed by atoms with Crippen molar-refractivity contribution in [3.8, 4) is 17.6 Å². The number of carbonyl (C=O) groups is 1. The zero-order valence-electron chi connectivity index (χ0n) is 15.8. The second kappa shape index (κ2) is 8.59. The first-order valence-electron chi connectivity index (χ1n) is 9.57. The van der Waals surface area contributed by atoms with Gasteiger partial charge in [0.2, 0.25) is 5.91 Å². The van der Waals surface area contributed by atoms with Crippen molar-refractivity contribution in [1.82, 2.24) is 5.32 Å². The number of anilines is 1. The molecule has 2 unspecified atom stereocenters. The van der Waals surface area contributed by atoms with Gasteiger partial charge in [-0.2, -0.15) is 5.26 Å². The van der Waals surface area contributed by atoms with Gasteiger partial charge in [-0.1, -0.05) is 36.4 Å². The van der Waals surface area contributed by atoms with Crippen LogP contribution in [0.15, 0.2) is 78.9 Å². The fourth-order valence-electron chi connectivity index (χ4n) is 3.61. The van der Waals surface area contributed by atoms with Gasteiger partial charge in [0.05, 0.1) is 17.6 Å². The summed E-state index contributed by atoms with van der Waals surface area (Å²) in [4.78, 5) is 12.9. The van der Waals surface area contributed by atoms with Crippen LogP contribution in [0.3, 0.4) is 0 Å². The average molecular weight is 383 g/mol. The van der Waals surface area contributed by atoms with E-state index in [1.165, 1.54) is 5.56 Å². The highest BCUT2D eigenvalue weighted by Gasteiger charge is 2.33. The molecule has 1 saturated heterocycles. The van der Waals surface area contributed by atoms with Gasteiger partial charge in [0.25, 0.3) is 0 Å². The molecule has 0 bridgehead atoms. The van der Waals surface area contributed by atoms with E-state index < -0.39 is 0 Å². The lowest BCUT2D eigenvalue weighted by Gasteiger charge is -2.19. The molecule has 1 aliphatic heterocycles. The third-order valence-corrected chi connectivity index (χ3v) is 5.10. The molecule has 144 valence electrons. The Balaban J connectivity index is 1.44. The third-order valence-electron chi connectivity index (χ3n) is 5.10. The van der Waals surface area contributed by atoms with Crippen LogP contribution in [0, 0.1) is 17.2 Å². The minimum absolute atomic E-state index is 0.000578. The van der Waals surface area contributed by atoms with Crippen LogP contribution in [0.25, 0.3) is 0 Å². The number of hydrogen-bond donors (Lipinski definition) is 2. The fraction of sp³-hybridized carbons (Fsp3) is 0.167. The molecule has 1 aliphatic rings. The maximum atomic E-state index is 12.9. The van der Waals surface area contributed by atoms with Crippen LogP contribution in [0.4, 0.5) is 5.69 Å². The normalized spacial score (nSPS) is 18.0. The Hall–Kier alpha value is -3.62. The number of nitriles is 1. The van der Waals surface area contributed by atoms with E-state index in [4.69, 9.17) is 10.00 Å². The van der Waals surface area contributed by atoms with Crippen molar-refractivity contribution < 1.29 is 9.53 Å². The van der Waals surface area contributed by atoms with Crippen LogP contribution in [0.2, 0.25) is 0 Å². The lowest BCUT2D eigenvalue weighted by atomic mass is 9.88. The molecule has 2 N–H and O–H groups in total. The van der Waals surface area contributed by atoms with Crippen molar-refractivity contribution in [3.63, 3.8) is 0 Å². The molecule has 0 aromatic heterocycles. The highest BCUT2D eigenvalue weighted by Crippen LogP contribution is 2.30. The van der Waals surface area contributed by atoms with Crippen LogP contribution in [0.5, 0.6) is 11.5 Å². The Morgan fingerprint density at radius 2 is 1.76 bits per heavy atom. The summed E-state index contributed by atoms with van der Waals surface area (Å²) in [6, 6.07) is 26.5. The smallest absolute Gasteiger partial charge is 0.229 e. The van der Waals surface area contributed by atoms with Crippen molar-refractivity contribution in [2.24, 2.45) is 5.92 Å². The second-order valence-electron chi connectivity index (χ2n) is 7.04. The van der Waals surface area contributed by atoms with E-state index in [0.29, 0.717) is 29.3 Å². The van der Waals surface area contributed by atoms with Gasteiger partial charge in [0, 0.05) is 30.8 Å². The molecule has 1 amide bonds. The van der Waals surface area contributed by atoms with Gasteiger partial charge in [-0.3, -0.25) is 4.79 Å². The van der Waals surface area contributed by atoms with Gasteiger partial charge in [-0.25, -0.2) is 0 Å². The number of amides is 1.